The van der Waals surface area contributed by atoms with Gasteiger partial charge >= 0.3 is 0 Å². The molecule has 0 saturated carbocycles. The van der Waals surface area contributed by atoms with Gasteiger partial charge in [-0.15, -0.1) is 0 Å². The third-order valence-electron chi connectivity index (χ3n) is 0.752. The molecule has 2 atom stereocenters. The molecule has 9 heavy (non-hydrogen) atoms. The lowest BCUT2D eigenvalue weighted by Crippen LogP contribution is -1.93. The van der Waals surface area contributed by atoms with Gasteiger partial charge < -0.3 is 9.84 Å². The summed E-state index contributed by atoms with van der Waals surface area (Å²) in [6.07, 6.45) is 0.583. The van der Waals surface area contributed by atoms with Crippen molar-refractivity contribution in [2.24, 2.45) is 0 Å². The molecule has 0 aromatic carbocycles. The van der Waals surface area contributed by atoms with Crippen LogP contribution in [0.15, 0.2) is 0 Å². The average Bonchev–Trinajstić information content (AvgIpc) is 2.53. The molecule has 0 bridgehead atoms. The molecule has 1 aliphatic rings. The number of epoxide rings is 1. The van der Waals surface area contributed by atoms with Crippen LogP contribution in [0.5, 0.6) is 0 Å². The van der Waals surface area contributed by atoms with E-state index in [-0.39, 0.29) is 11.4 Å². The minimum atomic E-state index is 0.222. The van der Waals surface area contributed by atoms with Crippen molar-refractivity contribution in [3.05, 3.63) is 0 Å². The largest absolute Gasteiger partial charge is 0.395 e. The van der Waals surface area contributed by atoms with Gasteiger partial charge in [0.15, 0.2) is 0 Å². The Hall–Kier alpha value is 0.400. The molecule has 1 saturated heterocycles. The lowest BCUT2D eigenvalue weighted by Gasteiger charge is -1.87. The number of alkyl halides is 1. The quantitative estimate of drug-likeness (QED) is 0.505. The second-order valence-electron chi connectivity index (χ2n) is 2.11. The number of aliphatic hydroxyl groups is 1. The minimum absolute atomic E-state index is 0.222. The summed E-state index contributed by atoms with van der Waals surface area (Å²) >= 11 is 3.12. The topological polar surface area (TPSA) is 32.8 Å². The Morgan fingerprint density at radius 3 is 2.11 bits per heavy atom. The van der Waals surface area contributed by atoms with Crippen molar-refractivity contribution in [3.8, 4) is 0 Å². The number of rotatable bonds is 1. The Kier molecular flexibility index (Phi) is 5.44. The van der Waals surface area contributed by atoms with Crippen LogP contribution >= 0.6 is 15.9 Å². The lowest BCUT2D eigenvalue weighted by molar-refractivity contribution is 0.302. The summed E-state index contributed by atoms with van der Waals surface area (Å²) in [6.45, 7) is 5.15. The standard InChI is InChI=1S/C3H7BrO.C3H6O/c1-3(4)2-5;1-3-2-4-3/h3,5H,2H2,1H3;3H,2H2,1H3. The van der Waals surface area contributed by atoms with Gasteiger partial charge in [0.1, 0.15) is 0 Å². The maximum absolute atomic E-state index is 8.10. The maximum Gasteiger partial charge on any atom is 0.0781 e. The van der Waals surface area contributed by atoms with Crippen LogP contribution in [0.25, 0.3) is 0 Å². The molecule has 0 spiro atoms. The number of aliphatic hydroxyl groups excluding tert-OH is 1. The molecule has 1 fully saturated rings. The SMILES string of the molecule is CC(Br)CO.CC1CO1. The van der Waals surface area contributed by atoms with Crippen molar-refractivity contribution >= 4 is 15.9 Å². The van der Waals surface area contributed by atoms with E-state index in [0.717, 1.165) is 6.61 Å². The molecule has 0 amide bonds. The van der Waals surface area contributed by atoms with Gasteiger partial charge in [0.05, 0.1) is 19.3 Å². The Balaban J connectivity index is 0.000000144. The van der Waals surface area contributed by atoms with E-state index < -0.39 is 0 Å². The summed E-state index contributed by atoms with van der Waals surface area (Å²) < 4.78 is 4.71. The molecule has 1 N–H and O–H groups in total. The van der Waals surface area contributed by atoms with Crippen molar-refractivity contribution in [2.75, 3.05) is 13.2 Å². The van der Waals surface area contributed by atoms with Gasteiger partial charge in [0.25, 0.3) is 0 Å². The van der Waals surface area contributed by atoms with Crippen LogP contribution in [0.4, 0.5) is 0 Å². The van der Waals surface area contributed by atoms with Gasteiger partial charge in [-0.05, 0) is 6.92 Å². The summed E-state index contributed by atoms with van der Waals surface area (Å²) in [6, 6.07) is 0. The molecular formula is C6H13BrO2. The van der Waals surface area contributed by atoms with Gasteiger partial charge in [-0.25, -0.2) is 0 Å². The molecule has 2 unspecified atom stereocenters. The van der Waals surface area contributed by atoms with Crippen molar-refractivity contribution in [2.45, 2.75) is 24.8 Å². The fourth-order valence-electron chi connectivity index (χ4n) is 0.0962. The summed E-state index contributed by atoms with van der Waals surface area (Å²) in [5.74, 6) is 0. The summed E-state index contributed by atoms with van der Waals surface area (Å²) in [4.78, 5) is 0.252. The Morgan fingerprint density at radius 2 is 2.11 bits per heavy atom. The maximum atomic E-state index is 8.10. The number of halogens is 1. The van der Waals surface area contributed by atoms with Gasteiger partial charge in [0, 0.05) is 4.83 Å². The van der Waals surface area contributed by atoms with Crippen LogP contribution in [-0.4, -0.2) is 29.3 Å². The van der Waals surface area contributed by atoms with Crippen LogP contribution in [0.3, 0.4) is 0 Å². The van der Waals surface area contributed by atoms with Crippen LogP contribution in [-0.2, 0) is 4.74 Å². The summed E-state index contributed by atoms with van der Waals surface area (Å²) in [5, 5.41) is 8.10. The van der Waals surface area contributed by atoms with Gasteiger partial charge in [-0.2, -0.15) is 0 Å². The van der Waals surface area contributed by atoms with Crippen LogP contribution < -0.4 is 0 Å². The highest BCUT2D eigenvalue weighted by molar-refractivity contribution is 9.09. The zero-order valence-corrected chi connectivity index (χ0v) is 7.39. The molecule has 2 nitrogen and oxygen atoms in total. The van der Waals surface area contributed by atoms with Gasteiger partial charge in [0.2, 0.25) is 0 Å². The zero-order valence-electron chi connectivity index (χ0n) is 5.80. The molecule has 1 rings (SSSR count). The third kappa shape index (κ3) is 11.8. The number of hydrogen-bond donors (Lipinski definition) is 1. The summed E-state index contributed by atoms with van der Waals surface area (Å²) in [5.41, 5.74) is 0. The zero-order chi connectivity index (χ0) is 7.28. The molecule has 3 heteroatoms. The normalized spacial score (nSPS) is 26.0. The van der Waals surface area contributed by atoms with Crippen molar-refractivity contribution in [1.29, 1.82) is 0 Å². The monoisotopic (exact) mass is 196 g/mol. The molecule has 1 heterocycles. The molecule has 1 aliphatic heterocycles. The second kappa shape index (κ2) is 5.21. The predicted octanol–water partition coefficient (Wildman–Crippen LogP) is 1.17. The van der Waals surface area contributed by atoms with E-state index in [9.17, 15) is 0 Å². The first-order valence-corrected chi connectivity index (χ1v) is 3.95. The highest BCUT2D eigenvalue weighted by Crippen LogP contribution is 2.04. The molecule has 0 aromatic rings. The fourth-order valence-corrected chi connectivity index (χ4v) is 0.0962. The molecular weight excluding hydrogens is 184 g/mol. The first kappa shape index (κ1) is 9.40. The highest BCUT2D eigenvalue weighted by atomic mass is 79.9. The van der Waals surface area contributed by atoms with Crippen LogP contribution in [0.1, 0.15) is 13.8 Å². The fraction of sp³-hybridized carbons (Fsp3) is 1.00. The first-order chi connectivity index (χ1) is 4.16. The number of ether oxygens (including phenoxy) is 1. The Morgan fingerprint density at radius 1 is 1.89 bits per heavy atom. The van der Waals surface area contributed by atoms with Gasteiger partial charge in [-0.1, -0.05) is 22.9 Å². The Labute approximate surface area is 64.3 Å². The lowest BCUT2D eigenvalue weighted by atomic mass is 10.5. The Bertz CT molecular complexity index is 62.1. The molecule has 0 aromatic heterocycles. The molecule has 0 aliphatic carbocycles. The summed E-state index contributed by atoms with van der Waals surface area (Å²) in [7, 11) is 0. The van der Waals surface area contributed by atoms with E-state index in [2.05, 4.69) is 22.9 Å². The van der Waals surface area contributed by atoms with E-state index >= 15 is 0 Å². The van der Waals surface area contributed by atoms with Crippen molar-refractivity contribution < 1.29 is 9.84 Å². The number of hydrogen-bond acceptors (Lipinski definition) is 2. The van der Waals surface area contributed by atoms with Crippen LogP contribution in [0.2, 0.25) is 0 Å². The molecule has 0 radical (unpaired) electrons. The van der Waals surface area contributed by atoms with E-state index in [1.165, 1.54) is 0 Å². The smallest absolute Gasteiger partial charge is 0.0781 e. The average molecular weight is 197 g/mol. The second-order valence-corrected chi connectivity index (χ2v) is 3.67. The van der Waals surface area contributed by atoms with E-state index in [0.29, 0.717) is 6.10 Å². The predicted molar refractivity (Wildman–Crippen MR) is 40.9 cm³/mol. The van der Waals surface area contributed by atoms with Crippen molar-refractivity contribution in [3.63, 3.8) is 0 Å². The van der Waals surface area contributed by atoms with Crippen molar-refractivity contribution in [1.82, 2.24) is 0 Å². The third-order valence-corrected chi connectivity index (χ3v) is 1.04. The minimum Gasteiger partial charge on any atom is -0.395 e. The van der Waals surface area contributed by atoms with E-state index in [1.807, 2.05) is 6.92 Å². The van der Waals surface area contributed by atoms with Crippen LogP contribution in [0, 0.1) is 0 Å². The van der Waals surface area contributed by atoms with E-state index in [1.54, 1.807) is 0 Å². The first-order valence-electron chi connectivity index (χ1n) is 3.03. The molecule has 56 valence electrons. The van der Waals surface area contributed by atoms with Gasteiger partial charge in [-0.3, -0.25) is 0 Å². The van der Waals surface area contributed by atoms with E-state index in [4.69, 9.17) is 9.84 Å². The highest BCUT2D eigenvalue weighted by Gasteiger charge is 2.13.